The monoisotopic (exact) mass is 289 g/mol. The summed E-state index contributed by atoms with van der Waals surface area (Å²) in [6, 6.07) is 22.1. The van der Waals surface area contributed by atoms with Crippen molar-refractivity contribution in [3.63, 3.8) is 0 Å². The van der Waals surface area contributed by atoms with Gasteiger partial charge in [0, 0.05) is 17.3 Å². The minimum Gasteiger partial charge on any atom is -0.473 e. The second kappa shape index (κ2) is 5.48. The van der Waals surface area contributed by atoms with Gasteiger partial charge in [0.05, 0.1) is 5.69 Å². The Hall–Kier alpha value is -2.88. The van der Waals surface area contributed by atoms with Gasteiger partial charge in [-0.05, 0) is 18.2 Å². The Bertz CT molecular complexity index is 793. The number of aromatic nitrogens is 2. The Morgan fingerprint density at radius 2 is 1.55 bits per heavy atom. The van der Waals surface area contributed by atoms with Crippen LogP contribution in [0.2, 0.25) is 0 Å². The minimum absolute atomic E-state index is 0.104. The summed E-state index contributed by atoms with van der Waals surface area (Å²) in [5.41, 5.74) is 3.05. The summed E-state index contributed by atoms with van der Waals surface area (Å²) in [5.74, 6) is 0.683. The molecule has 0 radical (unpaired) electrons. The Morgan fingerprint density at radius 3 is 2.27 bits per heavy atom. The van der Waals surface area contributed by atoms with Gasteiger partial charge in [0.1, 0.15) is 6.61 Å². The van der Waals surface area contributed by atoms with Crippen LogP contribution in [0, 0.1) is 0 Å². The lowest BCUT2D eigenvalue weighted by molar-refractivity contribution is 0.278. The van der Waals surface area contributed by atoms with Crippen LogP contribution in [0.3, 0.4) is 0 Å². The van der Waals surface area contributed by atoms with E-state index in [1.165, 1.54) is 0 Å². The molecule has 0 N–H and O–H groups in total. The normalized spacial score (nSPS) is 17.1. The van der Waals surface area contributed by atoms with Gasteiger partial charge < -0.3 is 4.74 Å². The first-order chi connectivity index (χ1) is 10.9. The molecule has 0 amide bonds. The van der Waals surface area contributed by atoms with E-state index in [0.29, 0.717) is 12.5 Å². The summed E-state index contributed by atoms with van der Waals surface area (Å²) in [6.07, 6.45) is 1.85. The first-order valence-electron chi connectivity index (χ1n) is 7.27. The Kier molecular flexibility index (Phi) is 3.20. The van der Waals surface area contributed by atoms with E-state index in [2.05, 4.69) is 22.2 Å². The molecular formula is C18H15N3O. The van der Waals surface area contributed by atoms with Gasteiger partial charge in [-0.1, -0.05) is 48.5 Å². The molecule has 22 heavy (non-hydrogen) atoms. The average Bonchev–Trinajstić information content (AvgIpc) is 3.26. The summed E-state index contributed by atoms with van der Waals surface area (Å²) in [6.45, 7) is 0.514. The highest BCUT2D eigenvalue weighted by molar-refractivity contribution is 5.94. The zero-order valence-electron chi connectivity index (χ0n) is 12.0. The van der Waals surface area contributed by atoms with E-state index >= 15 is 0 Å². The van der Waals surface area contributed by atoms with E-state index in [0.717, 1.165) is 16.8 Å². The van der Waals surface area contributed by atoms with Gasteiger partial charge in [0.15, 0.2) is 6.17 Å². The quantitative estimate of drug-likeness (QED) is 0.740. The maximum Gasteiger partial charge on any atom is 0.218 e. The van der Waals surface area contributed by atoms with Crippen molar-refractivity contribution in [2.75, 3.05) is 6.61 Å². The van der Waals surface area contributed by atoms with Gasteiger partial charge in [-0.15, -0.1) is 0 Å². The van der Waals surface area contributed by atoms with E-state index in [1.807, 2.05) is 65.5 Å². The van der Waals surface area contributed by atoms with E-state index in [1.54, 1.807) is 0 Å². The van der Waals surface area contributed by atoms with Gasteiger partial charge >= 0.3 is 0 Å². The fourth-order valence-corrected chi connectivity index (χ4v) is 2.50. The number of hydrogen-bond acceptors (Lipinski definition) is 3. The van der Waals surface area contributed by atoms with Crippen molar-refractivity contribution in [3.8, 4) is 11.3 Å². The Labute approximate surface area is 128 Å². The van der Waals surface area contributed by atoms with Gasteiger partial charge in [-0.2, -0.15) is 5.10 Å². The molecule has 0 spiro atoms. The van der Waals surface area contributed by atoms with Crippen molar-refractivity contribution in [1.29, 1.82) is 0 Å². The van der Waals surface area contributed by atoms with Crippen molar-refractivity contribution in [2.24, 2.45) is 4.99 Å². The molecule has 2 heterocycles. The highest BCUT2D eigenvalue weighted by Gasteiger charge is 2.22. The number of hydrogen-bond donors (Lipinski definition) is 0. The maximum absolute atomic E-state index is 5.71. The molecule has 0 saturated heterocycles. The molecule has 4 heteroatoms. The number of aliphatic imine (C=N–C) groups is 1. The van der Waals surface area contributed by atoms with Crippen molar-refractivity contribution in [1.82, 2.24) is 9.78 Å². The number of nitrogens with zero attached hydrogens (tertiary/aromatic N) is 3. The van der Waals surface area contributed by atoms with E-state index in [-0.39, 0.29) is 6.17 Å². The second-order valence-corrected chi connectivity index (χ2v) is 5.14. The molecule has 4 rings (SSSR count). The molecule has 108 valence electrons. The van der Waals surface area contributed by atoms with Gasteiger partial charge in [0.2, 0.25) is 5.90 Å². The molecule has 1 aromatic heterocycles. The Balaban J connectivity index is 1.59. The molecular weight excluding hydrogens is 274 g/mol. The fourth-order valence-electron chi connectivity index (χ4n) is 2.50. The molecule has 0 bridgehead atoms. The molecule has 0 fully saturated rings. The standard InChI is InChI=1S/C18H15N3O/c1-3-7-14(8-4-1)16-11-12-21(20-16)17-13-22-18(19-17)15-9-5-2-6-10-15/h1-12,17H,13H2. The van der Waals surface area contributed by atoms with Gasteiger partial charge in [-0.25, -0.2) is 9.67 Å². The zero-order valence-corrected chi connectivity index (χ0v) is 12.0. The van der Waals surface area contributed by atoms with Gasteiger partial charge in [0.25, 0.3) is 0 Å². The summed E-state index contributed by atoms with van der Waals surface area (Å²) < 4.78 is 7.57. The van der Waals surface area contributed by atoms with Crippen molar-refractivity contribution in [2.45, 2.75) is 6.17 Å². The third-order valence-electron chi connectivity index (χ3n) is 3.64. The van der Waals surface area contributed by atoms with Crippen LogP contribution in [-0.4, -0.2) is 22.3 Å². The first kappa shape index (κ1) is 12.8. The SMILES string of the molecule is c1ccc(C2=NC(n3ccc(-c4ccccc4)n3)CO2)cc1. The minimum atomic E-state index is -0.104. The van der Waals surface area contributed by atoms with Crippen LogP contribution in [0.4, 0.5) is 0 Å². The number of benzene rings is 2. The van der Waals surface area contributed by atoms with Crippen molar-refractivity contribution in [3.05, 3.63) is 78.5 Å². The van der Waals surface area contributed by atoms with Crippen LogP contribution in [0.5, 0.6) is 0 Å². The van der Waals surface area contributed by atoms with Crippen molar-refractivity contribution >= 4 is 5.90 Å². The fraction of sp³-hybridized carbons (Fsp3) is 0.111. The van der Waals surface area contributed by atoms with Crippen molar-refractivity contribution < 1.29 is 4.74 Å². The lowest BCUT2D eigenvalue weighted by atomic mass is 10.2. The predicted octanol–water partition coefficient (Wildman–Crippen LogP) is 3.53. The third-order valence-corrected chi connectivity index (χ3v) is 3.64. The molecule has 3 aromatic rings. The summed E-state index contributed by atoms with van der Waals surface area (Å²) in [5, 5.41) is 4.62. The molecule has 1 aliphatic heterocycles. The van der Waals surface area contributed by atoms with E-state index in [4.69, 9.17) is 4.74 Å². The highest BCUT2D eigenvalue weighted by Crippen LogP contribution is 2.22. The summed E-state index contributed by atoms with van der Waals surface area (Å²) >= 11 is 0. The third kappa shape index (κ3) is 2.39. The number of rotatable bonds is 3. The predicted molar refractivity (Wildman–Crippen MR) is 85.6 cm³/mol. The Morgan fingerprint density at radius 1 is 0.864 bits per heavy atom. The average molecular weight is 289 g/mol. The smallest absolute Gasteiger partial charge is 0.218 e. The molecule has 1 atom stereocenters. The van der Waals surface area contributed by atoms with E-state index < -0.39 is 0 Å². The van der Waals surface area contributed by atoms with Crippen LogP contribution in [-0.2, 0) is 4.74 Å². The second-order valence-electron chi connectivity index (χ2n) is 5.14. The summed E-state index contributed by atoms with van der Waals surface area (Å²) in [7, 11) is 0. The summed E-state index contributed by atoms with van der Waals surface area (Å²) in [4.78, 5) is 4.63. The molecule has 4 nitrogen and oxygen atoms in total. The lowest BCUT2D eigenvalue weighted by Gasteiger charge is -2.04. The van der Waals surface area contributed by atoms with Crippen LogP contribution in [0.1, 0.15) is 11.7 Å². The topological polar surface area (TPSA) is 39.4 Å². The molecule has 0 saturated carbocycles. The molecule has 0 aliphatic carbocycles. The van der Waals surface area contributed by atoms with Crippen LogP contribution in [0.15, 0.2) is 77.9 Å². The largest absolute Gasteiger partial charge is 0.473 e. The van der Waals surface area contributed by atoms with E-state index in [9.17, 15) is 0 Å². The van der Waals surface area contributed by atoms with Gasteiger partial charge in [-0.3, -0.25) is 0 Å². The molecule has 1 unspecified atom stereocenters. The maximum atomic E-state index is 5.71. The first-order valence-corrected chi connectivity index (χ1v) is 7.27. The zero-order chi connectivity index (χ0) is 14.8. The number of ether oxygens (including phenoxy) is 1. The van der Waals surface area contributed by atoms with Crippen LogP contribution >= 0.6 is 0 Å². The van der Waals surface area contributed by atoms with Crippen LogP contribution in [0.25, 0.3) is 11.3 Å². The molecule has 1 aliphatic rings. The molecule has 2 aromatic carbocycles. The van der Waals surface area contributed by atoms with Crippen LogP contribution < -0.4 is 0 Å². The highest BCUT2D eigenvalue weighted by atomic mass is 16.5. The lowest BCUT2D eigenvalue weighted by Crippen LogP contribution is -2.08.